The van der Waals surface area contributed by atoms with E-state index < -0.39 is 12.0 Å². The van der Waals surface area contributed by atoms with Crippen LogP contribution in [0.25, 0.3) is 0 Å². The molecule has 3 saturated carbocycles. The number of aliphatic carboxylic acids is 1. The molecule has 0 radical (unpaired) electrons. The van der Waals surface area contributed by atoms with Crippen LogP contribution < -0.4 is 0 Å². The maximum atomic E-state index is 12.5. The fourth-order valence-electron chi connectivity index (χ4n) is 8.89. The molecule has 7 atom stereocenters. The molecule has 4 aliphatic carbocycles. The molecule has 1 amide bonds. The molecule has 1 heterocycles. The Morgan fingerprint density at radius 3 is 2.63 bits per heavy atom. The molecule has 0 spiro atoms. The molecule has 5 unspecified atom stereocenters. The first-order chi connectivity index (χ1) is 16.6. The summed E-state index contributed by atoms with van der Waals surface area (Å²) in [6.45, 7) is 6.88. The van der Waals surface area contributed by atoms with Crippen LogP contribution in [0.1, 0.15) is 85.0 Å². The van der Waals surface area contributed by atoms with Crippen molar-refractivity contribution in [1.82, 2.24) is 4.90 Å². The maximum absolute atomic E-state index is 12.5. The summed E-state index contributed by atoms with van der Waals surface area (Å²) in [5, 5.41) is 13.6. The summed E-state index contributed by atoms with van der Waals surface area (Å²) >= 11 is 0. The van der Waals surface area contributed by atoms with E-state index in [4.69, 9.17) is 4.84 Å². The van der Waals surface area contributed by atoms with Crippen molar-refractivity contribution in [2.45, 2.75) is 91.0 Å². The van der Waals surface area contributed by atoms with Crippen LogP contribution in [0.2, 0.25) is 0 Å². The van der Waals surface area contributed by atoms with Crippen LogP contribution in [-0.4, -0.2) is 52.6 Å². The van der Waals surface area contributed by atoms with Crippen molar-refractivity contribution in [3.8, 4) is 0 Å². The first-order valence-corrected chi connectivity index (χ1v) is 13.6. The van der Waals surface area contributed by atoms with Crippen LogP contribution >= 0.6 is 0 Å². The smallest absolute Gasteiger partial charge is 0.326 e. The van der Waals surface area contributed by atoms with Crippen LogP contribution in [-0.2, 0) is 19.2 Å². The van der Waals surface area contributed by atoms with Gasteiger partial charge in [-0.15, -0.1) is 0 Å². The van der Waals surface area contributed by atoms with E-state index in [1.165, 1.54) is 29.7 Å². The number of fused-ring (bicyclic) bond motifs is 5. The van der Waals surface area contributed by atoms with Crippen LogP contribution in [0.15, 0.2) is 16.8 Å². The van der Waals surface area contributed by atoms with Gasteiger partial charge in [0.2, 0.25) is 0 Å². The van der Waals surface area contributed by atoms with Gasteiger partial charge in [0, 0.05) is 12.5 Å². The summed E-state index contributed by atoms with van der Waals surface area (Å²) in [5.41, 5.74) is 2.71. The normalized spacial score (nSPS) is 41.6. The number of hydrogen-bond donors (Lipinski definition) is 1. The lowest BCUT2D eigenvalue weighted by Crippen LogP contribution is -2.51. The second-order valence-corrected chi connectivity index (χ2v) is 12.2. The largest absolute Gasteiger partial charge is 0.480 e. The molecule has 0 aromatic rings. The van der Waals surface area contributed by atoms with Gasteiger partial charge in [0.25, 0.3) is 5.91 Å². The maximum Gasteiger partial charge on any atom is 0.326 e. The van der Waals surface area contributed by atoms with E-state index in [2.05, 4.69) is 25.1 Å². The van der Waals surface area contributed by atoms with Crippen molar-refractivity contribution in [3.05, 3.63) is 11.6 Å². The van der Waals surface area contributed by atoms with Gasteiger partial charge in [-0.05, 0) is 106 Å². The molecule has 7 heteroatoms. The number of allylic oxidation sites excluding steroid dienone is 2. The average molecular weight is 485 g/mol. The number of nitrogens with zero attached hydrogens (tertiary/aromatic N) is 2. The van der Waals surface area contributed by atoms with Gasteiger partial charge in [-0.2, -0.15) is 0 Å². The number of carbonyl (C=O) groups is 3. The van der Waals surface area contributed by atoms with Crippen molar-refractivity contribution in [3.63, 3.8) is 0 Å². The predicted octanol–water partition coefficient (Wildman–Crippen LogP) is 4.60. The molecular weight excluding hydrogens is 444 g/mol. The van der Waals surface area contributed by atoms with Gasteiger partial charge in [-0.3, -0.25) is 9.59 Å². The molecule has 5 aliphatic rings. The quantitative estimate of drug-likeness (QED) is 0.575. The fraction of sp³-hybridized carbons (Fsp3) is 0.786. The highest BCUT2D eigenvalue weighted by molar-refractivity contribution is 5.96. The Kier molecular flexibility index (Phi) is 6.33. The van der Waals surface area contributed by atoms with Crippen LogP contribution in [0.3, 0.4) is 0 Å². The molecule has 0 bridgehead atoms. The van der Waals surface area contributed by atoms with Crippen LogP contribution in [0.4, 0.5) is 0 Å². The zero-order valence-electron chi connectivity index (χ0n) is 21.4. The number of carboxylic acid groups (broad SMARTS) is 1. The molecule has 35 heavy (non-hydrogen) atoms. The van der Waals surface area contributed by atoms with Gasteiger partial charge < -0.3 is 14.8 Å². The highest BCUT2D eigenvalue weighted by Crippen LogP contribution is 2.66. The lowest BCUT2D eigenvalue weighted by Gasteiger charge is -2.58. The minimum absolute atomic E-state index is 0.178. The summed E-state index contributed by atoms with van der Waals surface area (Å²) in [4.78, 5) is 43.0. The molecule has 7 nitrogen and oxygen atoms in total. The van der Waals surface area contributed by atoms with Crippen molar-refractivity contribution >= 4 is 23.4 Å². The number of hydrogen-bond acceptors (Lipinski definition) is 5. The Bertz CT molecular complexity index is 972. The third kappa shape index (κ3) is 4.03. The second kappa shape index (κ2) is 9.04. The minimum Gasteiger partial charge on any atom is -0.480 e. The van der Waals surface area contributed by atoms with Crippen molar-refractivity contribution < 1.29 is 24.3 Å². The highest BCUT2D eigenvalue weighted by atomic mass is 16.6. The van der Waals surface area contributed by atoms with Gasteiger partial charge in [0.1, 0.15) is 11.8 Å². The van der Waals surface area contributed by atoms with Gasteiger partial charge in [-0.25, -0.2) is 4.79 Å². The number of carbonyl (C=O) groups excluding carboxylic acids is 2. The Balaban J connectivity index is 1.24. The van der Waals surface area contributed by atoms with Crippen molar-refractivity contribution in [1.29, 1.82) is 0 Å². The molecule has 1 aliphatic heterocycles. The number of oxime groups is 1. The first-order valence-electron chi connectivity index (χ1n) is 13.6. The lowest BCUT2D eigenvalue weighted by atomic mass is 9.46. The zero-order chi connectivity index (χ0) is 25.0. The van der Waals surface area contributed by atoms with E-state index in [-0.39, 0.29) is 29.3 Å². The van der Waals surface area contributed by atoms with Crippen molar-refractivity contribution in [2.24, 2.45) is 39.7 Å². The summed E-state index contributed by atoms with van der Waals surface area (Å²) < 4.78 is 0. The van der Waals surface area contributed by atoms with Gasteiger partial charge in [0.05, 0.1) is 5.71 Å². The number of Topliss-reactive ketones (excluding diaryl/α,β-unsaturated/α-hetero) is 1. The second-order valence-electron chi connectivity index (χ2n) is 12.2. The van der Waals surface area contributed by atoms with E-state index in [1.807, 2.05) is 0 Å². The Morgan fingerprint density at radius 2 is 1.89 bits per heavy atom. The lowest BCUT2D eigenvalue weighted by molar-refractivity contribution is -0.150. The molecule has 5 rings (SSSR count). The average Bonchev–Trinajstić information content (AvgIpc) is 3.44. The predicted molar refractivity (Wildman–Crippen MR) is 132 cm³/mol. The summed E-state index contributed by atoms with van der Waals surface area (Å²) in [7, 11) is 0. The molecule has 1 saturated heterocycles. The Morgan fingerprint density at radius 1 is 1.09 bits per heavy atom. The van der Waals surface area contributed by atoms with Gasteiger partial charge in [0.15, 0.2) is 6.61 Å². The molecule has 1 N–H and O–H groups in total. The van der Waals surface area contributed by atoms with E-state index in [1.54, 1.807) is 6.92 Å². The SMILES string of the molecule is CC(=O)C1CCC2C3CCC4=C/C(=N\OCC(=O)N5CCCC5C(=O)O)CC[C@]4(C)C3CC[C@]12C. The molecular formula is C28H40N2O5. The number of rotatable bonds is 5. The van der Waals surface area contributed by atoms with E-state index >= 15 is 0 Å². The first kappa shape index (κ1) is 24.5. The number of amides is 1. The summed E-state index contributed by atoms with van der Waals surface area (Å²) in [6, 6.07) is -0.741. The highest BCUT2D eigenvalue weighted by Gasteiger charge is 2.59. The number of likely N-dealkylation sites (tertiary alicyclic amines) is 1. The number of carboxylic acids is 1. The number of ketones is 1. The fourth-order valence-corrected chi connectivity index (χ4v) is 8.89. The topological polar surface area (TPSA) is 96.3 Å². The summed E-state index contributed by atoms with van der Waals surface area (Å²) in [6.07, 6.45) is 12.2. The van der Waals surface area contributed by atoms with Crippen LogP contribution in [0, 0.1) is 34.5 Å². The standard InChI is InChI=1S/C28H40N2O5/c1-17(31)21-8-9-22-20-7-6-18-15-19(10-12-27(18,2)23(20)11-13-28(21,22)3)29-35-16-25(32)30-14-4-5-24(30)26(33)34/h15,20-24H,4-14,16H2,1-3H3,(H,33,34)/b29-19-/t20?,21?,22?,23?,24?,27-,28+/m0/s1. The zero-order valence-corrected chi connectivity index (χ0v) is 21.4. The molecule has 0 aromatic carbocycles. The Labute approximate surface area is 208 Å². The van der Waals surface area contributed by atoms with E-state index in [0.717, 1.165) is 37.8 Å². The third-order valence-corrected chi connectivity index (χ3v) is 10.7. The van der Waals surface area contributed by atoms with Gasteiger partial charge >= 0.3 is 5.97 Å². The van der Waals surface area contributed by atoms with Gasteiger partial charge in [-0.1, -0.05) is 24.6 Å². The molecule has 0 aromatic heterocycles. The monoisotopic (exact) mass is 484 g/mol. The van der Waals surface area contributed by atoms with E-state index in [9.17, 15) is 19.5 Å². The minimum atomic E-state index is -0.952. The third-order valence-electron chi connectivity index (χ3n) is 10.7. The van der Waals surface area contributed by atoms with E-state index in [0.29, 0.717) is 42.9 Å². The Hall–Kier alpha value is -2.18. The molecule has 192 valence electrons. The van der Waals surface area contributed by atoms with Crippen LogP contribution in [0.5, 0.6) is 0 Å². The summed E-state index contributed by atoms with van der Waals surface area (Å²) in [5.74, 6) is 1.41. The molecule has 4 fully saturated rings. The van der Waals surface area contributed by atoms with Crippen molar-refractivity contribution in [2.75, 3.05) is 13.2 Å².